The number of benzene rings is 4. The Morgan fingerprint density at radius 1 is 0.515 bits per heavy atom. The maximum Gasteiger partial charge on any atom is 0.182 e. The Bertz CT molecular complexity index is 1330. The second-order valence-corrected chi connectivity index (χ2v) is 9.64. The van der Waals surface area contributed by atoms with Gasteiger partial charge in [0.05, 0.1) is 0 Å². The summed E-state index contributed by atoms with van der Waals surface area (Å²) in [6.45, 7) is 12.9. The van der Waals surface area contributed by atoms with Gasteiger partial charge in [-0.25, -0.2) is 0 Å². The van der Waals surface area contributed by atoms with E-state index in [-0.39, 0.29) is 5.78 Å². The maximum atomic E-state index is 14.7. The van der Waals surface area contributed by atoms with Gasteiger partial charge in [-0.2, -0.15) is 0 Å². The summed E-state index contributed by atoms with van der Waals surface area (Å²) in [5.41, 5.74) is 12.7. The van der Waals surface area contributed by atoms with Gasteiger partial charge in [-0.15, -0.1) is 0 Å². The monoisotopic (exact) mass is 430 g/mol. The Labute approximate surface area is 197 Å². The SMILES string of the molecule is Cc1cc(C2(c3cc(C)c(C)c(C)c3)C(=O)c3ccccc3-c3ccccc32)cc(C)c1C. The van der Waals surface area contributed by atoms with Gasteiger partial charge in [0.15, 0.2) is 5.78 Å². The lowest BCUT2D eigenvalue weighted by Crippen LogP contribution is -2.42. The van der Waals surface area contributed by atoms with Crippen LogP contribution in [0.4, 0.5) is 0 Å². The van der Waals surface area contributed by atoms with E-state index in [4.69, 9.17) is 0 Å². The molecule has 1 aliphatic rings. The number of ketones is 1. The highest BCUT2D eigenvalue weighted by atomic mass is 16.1. The minimum atomic E-state index is -0.891. The average Bonchev–Trinajstić information content (AvgIpc) is 2.81. The van der Waals surface area contributed by atoms with Crippen molar-refractivity contribution in [2.24, 2.45) is 0 Å². The van der Waals surface area contributed by atoms with E-state index in [2.05, 4.69) is 96.1 Å². The number of fused-ring (bicyclic) bond motifs is 3. The molecule has 0 fully saturated rings. The van der Waals surface area contributed by atoms with Gasteiger partial charge >= 0.3 is 0 Å². The minimum Gasteiger partial charge on any atom is -0.292 e. The third-order valence-electron chi connectivity index (χ3n) is 7.85. The van der Waals surface area contributed by atoms with E-state index in [1.165, 1.54) is 33.4 Å². The first-order valence-corrected chi connectivity index (χ1v) is 11.7. The molecule has 0 radical (unpaired) electrons. The molecule has 33 heavy (non-hydrogen) atoms. The molecule has 4 aromatic carbocycles. The van der Waals surface area contributed by atoms with Crippen molar-refractivity contribution in [3.63, 3.8) is 0 Å². The van der Waals surface area contributed by atoms with Crippen LogP contribution in [0.2, 0.25) is 0 Å². The molecule has 0 saturated heterocycles. The summed E-state index contributed by atoms with van der Waals surface area (Å²) in [7, 11) is 0. The molecule has 0 spiro atoms. The Morgan fingerprint density at radius 3 is 1.39 bits per heavy atom. The van der Waals surface area contributed by atoms with Gasteiger partial charge in [0.2, 0.25) is 0 Å². The summed E-state index contributed by atoms with van der Waals surface area (Å²) in [4.78, 5) is 14.7. The summed E-state index contributed by atoms with van der Waals surface area (Å²) in [5, 5.41) is 0. The van der Waals surface area contributed by atoms with Crippen LogP contribution < -0.4 is 0 Å². The third-order valence-corrected chi connectivity index (χ3v) is 7.85. The van der Waals surface area contributed by atoms with E-state index in [0.29, 0.717) is 0 Å². The summed E-state index contributed by atoms with van der Waals surface area (Å²) in [5.74, 6) is 0.155. The van der Waals surface area contributed by atoms with E-state index in [1.54, 1.807) is 0 Å². The first-order valence-electron chi connectivity index (χ1n) is 11.7. The van der Waals surface area contributed by atoms with Gasteiger partial charge in [-0.05, 0) is 103 Å². The molecule has 0 heterocycles. The van der Waals surface area contributed by atoms with Crippen LogP contribution in [0.25, 0.3) is 11.1 Å². The van der Waals surface area contributed by atoms with Gasteiger partial charge in [-0.3, -0.25) is 4.79 Å². The topological polar surface area (TPSA) is 17.1 Å². The fourth-order valence-corrected chi connectivity index (χ4v) is 5.53. The molecule has 1 heteroatoms. The Morgan fingerprint density at radius 2 is 0.909 bits per heavy atom. The van der Waals surface area contributed by atoms with Crippen LogP contribution in [0.3, 0.4) is 0 Å². The Kier molecular flexibility index (Phi) is 4.90. The summed E-state index contributed by atoms with van der Waals surface area (Å²) < 4.78 is 0. The highest BCUT2D eigenvalue weighted by Crippen LogP contribution is 2.51. The molecule has 5 rings (SSSR count). The van der Waals surface area contributed by atoms with Gasteiger partial charge in [0.1, 0.15) is 5.41 Å². The molecule has 1 nitrogen and oxygen atoms in total. The molecule has 0 N–H and O–H groups in total. The van der Waals surface area contributed by atoms with Crippen LogP contribution >= 0.6 is 0 Å². The lowest BCUT2D eigenvalue weighted by molar-refractivity contribution is 0.0933. The molecular formula is C32H30O. The second-order valence-electron chi connectivity index (χ2n) is 9.64. The standard InChI is InChI=1S/C32H30O/c1-19-15-25(16-20(2)23(19)5)32(26-17-21(3)24(6)22(4)18-26)30-14-10-9-12-28(30)27-11-7-8-13-29(27)31(32)33/h7-18H,1-6H3. The molecule has 0 amide bonds. The number of hydrogen-bond donors (Lipinski definition) is 0. The molecule has 0 aromatic heterocycles. The molecule has 164 valence electrons. The fourth-order valence-electron chi connectivity index (χ4n) is 5.53. The summed E-state index contributed by atoms with van der Waals surface area (Å²) in [6.07, 6.45) is 0. The van der Waals surface area contributed by atoms with Gasteiger partial charge in [-0.1, -0.05) is 72.8 Å². The Balaban J connectivity index is 2.00. The van der Waals surface area contributed by atoms with E-state index in [9.17, 15) is 4.79 Å². The lowest BCUT2D eigenvalue weighted by Gasteiger charge is -2.40. The van der Waals surface area contributed by atoms with Crippen molar-refractivity contribution >= 4 is 5.78 Å². The van der Waals surface area contributed by atoms with E-state index < -0.39 is 5.41 Å². The zero-order chi connectivity index (χ0) is 23.5. The third kappa shape index (κ3) is 2.95. The quantitative estimate of drug-likeness (QED) is 0.318. The van der Waals surface area contributed by atoms with Crippen molar-refractivity contribution in [1.29, 1.82) is 0 Å². The number of hydrogen-bond acceptors (Lipinski definition) is 1. The van der Waals surface area contributed by atoms with Gasteiger partial charge < -0.3 is 0 Å². The predicted molar refractivity (Wildman–Crippen MR) is 137 cm³/mol. The van der Waals surface area contributed by atoms with Crippen molar-refractivity contribution in [3.8, 4) is 11.1 Å². The van der Waals surface area contributed by atoms with Crippen molar-refractivity contribution in [3.05, 3.63) is 128 Å². The Hall–Kier alpha value is -3.45. The van der Waals surface area contributed by atoms with Gasteiger partial charge in [0, 0.05) is 5.56 Å². The fraction of sp³-hybridized carbons (Fsp3) is 0.219. The van der Waals surface area contributed by atoms with Crippen LogP contribution in [-0.2, 0) is 5.41 Å². The minimum absolute atomic E-state index is 0.155. The molecule has 0 aliphatic heterocycles. The normalized spacial score (nSPS) is 14.1. The summed E-state index contributed by atoms with van der Waals surface area (Å²) in [6, 6.07) is 25.5. The predicted octanol–water partition coefficient (Wildman–Crippen LogP) is 7.73. The molecule has 0 unspecified atom stereocenters. The van der Waals surface area contributed by atoms with Crippen LogP contribution in [0, 0.1) is 41.5 Å². The molecular weight excluding hydrogens is 400 g/mol. The van der Waals surface area contributed by atoms with E-state index in [0.717, 1.165) is 33.4 Å². The van der Waals surface area contributed by atoms with Crippen LogP contribution in [0.15, 0.2) is 72.8 Å². The highest BCUT2D eigenvalue weighted by molar-refractivity contribution is 6.16. The zero-order valence-electron chi connectivity index (χ0n) is 20.3. The molecule has 1 aliphatic carbocycles. The van der Waals surface area contributed by atoms with Crippen molar-refractivity contribution in [2.75, 3.05) is 0 Å². The molecule has 4 aromatic rings. The number of carbonyl (C=O) groups excluding carboxylic acids is 1. The molecule has 0 bridgehead atoms. The van der Waals surface area contributed by atoms with Crippen LogP contribution in [0.1, 0.15) is 60.4 Å². The number of aryl methyl sites for hydroxylation is 4. The maximum absolute atomic E-state index is 14.7. The first-order chi connectivity index (χ1) is 15.8. The zero-order valence-corrected chi connectivity index (χ0v) is 20.3. The highest BCUT2D eigenvalue weighted by Gasteiger charge is 2.49. The van der Waals surface area contributed by atoms with E-state index >= 15 is 0 Å². The second kappa shape index (κ2) is 7.56. The van der Waals surface area contributed by atoms with Crippen molar-refractivity contribution in [2.45, 2.75) is 47.0 Å². The van der Waals surface area contributed by atoms with Crippen molar-refractivity contribution < 1.29 is 4.79 Å². The largest absolute Gasteiger partial charge is 0.292 e. The smallest absolute Gasteiger partial charge is 0.182 e. The average molecular weight is 431 g/mol. The molecule has 0 atom stereocenters. The summed E-state index contributed by atoms with van der Waals surface area (Å²) >= 11 is 0. The number of Topliss-reactive ketones (excluding diaryl/α,β-unsaturated/α-hetero) is 1. The van der Waals surface area contributed by atoms with E-state index in [1.807, 2.05) is 18.2 Å². The van der Waals surface area contributed by atoms with Crippen LogP contribution in [0.5, 0.6) is 0 Å². The van der Waals surface area contributed by atoms with Crippen LogP contribution in [-0.4, -0.2) is 5.78 Å². The first kappa shape index (κ1) is 21.4. The number of carbonyl (C=O) groups is 1. The van der Waals surface area contributed by atoms with Gasteiger partial charge in [0.25, 0.3) is 0 Å². The lowest BCUT2D eigenvalue weighted by atomic mass is 9.59. The van der Waals surface area contributed by atoms with Crippen molar-refractivity contribution in [1.82, 2.24) is 0 Å². The number of rotatable bonds is 2. The molecule has 0 saturated carbocycles.